The van der Waals surface area contributed by atoms with Crippen molar-refractivity contribution in [1.82, 2.24) is 4.90 Å². The molecule has 1 saturated heterocycles. The van der Waals surface area contributed by atoms with E-state index in [0.29, 0.717) is 21.9 Å². The van der Waals surface area contributed by atoms with Crippen molar-refractivity contribution in [1.29, 1.82) is 0 Å². The number of aliphatic hydroxyl groups excluding tert-OH is 1. The second-order valence-corrected chi connectivity index (χ2v) is 11.9. The first kappa shape index (κ1) is 29.8. The predicted octanol–water partition coefficient (Wildman–Crippen LogP) is 3.76. The molecule has 3 amide bonds. The molecule has 45 heavy (non-hydrogen) atoms. The largest absolute Gasteiger partial charge is 0.507 e. The molecule has 0 bridgehead atoms. The Morgan fingerprint density at radius 1 is 0.956 bits per heavy atom. The molecular weight excluding hydrogens is 602 g/mol. The highest BCUT2D eigenvalue weighted by Crippen LogP contribution is 2.58. The molecule has 0 aliphatic carbocycles. The number of benzene rings is 3. The molecule has 3 aliphatic rings. The number of para-hydroxylation sites is 2. The first-order chi connectivity index (χ1) is 21.3. The van der Waals surface area contributed by atoms with Crippen LogP contribution in [0.4, 0.5) is 5.69 Å². The lowest BCUT2D eigenvalue weighted by Crippen LogP contribution is -2.60. The Kier molecular flexibility index (Phi) is 6.70. The van der Waals surface area contributed by atoms with Crippen molar-refractivity contribution in [2.75, 3.05) is 19.1 Å². The molecule has 3 aromatic carbocycles. The number of methoxy groups -OCH3 is 2. The van der Waals surface area contributed by atoms with Gasteiger partial charge in [-0.3, -0.25) is 24.1 Å². The number of carbonyl (C=O) groups excluding carboxylic acids is 4. The number of rotatable bonds is 5. The fourth-order valence-corrected chi connectivity index (χ4v) is 6.79. The zero-order chi connectivity index (χ0) is 32.6. The number of aliphatic hydroxyl groups is 1. The summed E-state index contributed by atoms with van der Waals surface area (Å²) in [6.07, 6.45) is 0.265. The molecule has 0 aromatic heterocycles. The van der Waals surface area contributed by atoms with Crippen molar-refractivity contribution in [3.63, 3.8) is 0 Å². The highest BCUT2D eigenvalue weighted by atomic mass is 35.5. The third-order valence-corrected chi connectivity index (χ3v) is 8.72. The van der Waals surface area contributed by atoms with Crippen LogP contribution in [-0.4, -0.2) is 63.9 Å². The molecule has 1 atom stereocenters. The van der Waals surface area contributed by atoms with E-state index in [9.17, 15) is 24.6 Å². The van der Waals surface area contributed by atoms with E-state index in [1.54, 1.807) is 26.0 Å². The van der Waals surface area contributed by atoms with Gasteiger partial charge in [-0.15, -0.1) is 0 Å². The van der Waals surface area contributed by atoms with Gasteiger partial charge < -0.3 is 30.3 Å². The molecule has 0 radical (unpaired) electrons. The molecule has 12 heteroatoms. The predicted molar refractivity (Wildman–Crippen MR) is 165 cm³/mol. The Balaban J connectivity index is 1.82. The molecule has 11 nitrogen and oxygen atoms in total. The average molecular weight is 630 g/mol. The van der Waals surface area contributed by atoms with E-state index >= 15 is 4.79 Å². The number of carbonyl (C=O) groups is 4. The lowest BCUT2D eigenvalue weighted by atomic mass is 9.79. The number of halogens is 1. The number of ketones is 1. The molecule has 1 spiro atoms. The van der Waals surface area contributed by atoms with Crippen LogP contribution in [0.25, 0.3) is 11.5 Å². The van der Waals surface area contributed by atoms with Gasteiger partial charge in [0, 0.05) is 21.7 Å². The van der Waals surface area contributed by atoms with E-state index in [4.69, 9.17) is 26.8 Å². The first-order valence-corrected chi connectivity index (χ1v) is 14.2. The summed E-state index contributed by atoms with van der Waals surface area (Å²) in [6.45, 7) is 3.51. The van der Waals surface area contributed by atoms with Gasteiger partial charge in [-0.05, 0) is 74.4 Å². The molecule has 230 valence electrons. The molecule has 6 rings (SSSR count). The number of hydrogen-bond acceptors (Lipinski definition) is 8. The second-order valence-electron chi connectivity index (χ2n) is 11.5. The smallest absolute Gasteiger partial charge is 0.300 e. The maximum Gasteiger partial charge on any atom is 0.300 e. The standard InChI is InChI=1S/C33H28ClN3O8/c1-32(2)15-17-13-22(44-3)23(45-4)14-19(17)26-24(29(35)41)33(31(43)37(26)32)25(27(39)16-9-11-18(34)12-10-16)28(40)30(42)36(33)20-7-5-6-8-21(20)38/h5-14,38-39H,15H2,1-4H3,(H2,35,41)/b27-25-. The van der Waals surface area contributed by atoms with Gasteiger partial charge in [0.1, 0.15) is 11.5 Å². The molecule has 0 saturated carbocycles. The Morgan fingerprint density at radius 2 is 1.58 bits per heavy atom. The van der Waals surface area contributed by atoms with Gasteiger partial charge in [0.25, 0.3) is 11.7 Å². The minimum absolute atomic E-state index is 0.0315. The van der Waals surface area contributed by atoms with E-state index < -0.39 is 57.2 Å². The van der Waals surface area contributed by atoms with Crippen LogP contribution in [-0.2, 0) is 25.6 Å². The second kappa shape index (κ2) is 10.1. The average Bonchev–Trinajstić information content (AvgIpc) is 3.40. The van der Waals surface area contributed by atoms with Crippen LogP contribution in [0.15, 0.2) is 71.8 Å². The number of nitrogens with zero attached hydrogens (tertiary/aromatic N) is 2. The summed E-state index contributed by atoms with van der Waals surface area (Å²) >= 11 is 6.06. The Bertz CT molecular complexity index is 1910. The monoisotopic (exact) mass is 629 g/mol. The SMILES string of the molecule is COc1cc2c(cc1OC)C1=C(C(N)=O)C3(C(=O)N1C(C)(C)C2)/C(=C(\O)c1ccc(Cl)cc1)C(=O)C(=O)N3c1ccccc1O. The molecule has 1 unspecified atom stereocenters. The van der Waals surface area contributed by atoms with Crippen molar-refractivity contribution >= 4 is 52.2 Å². The van der Waals surface area contributed by atoms with Gasteiger partial charge in [0.05, 0.1) is 36.8 Å². The fraction of sp³-hybridized carbons (Fsp3) is 0.212. The number of phenols is 1. The normalized spacial score (nSPS) is 21.3. The Morgan fingerprint density at radius 3 is 2.18 bits per heavy atom. The minimum Gasteiger partial charge on any atom is -0.507 e. The lowest BCUT2D eigenvalue weighted by molar-refractivity contribution is -0.135. The Hall–Kier alpha value is -5.29. The molecular formula is C33H28ClN3O8. The lowest BCUT2D eigenvalue weighted by Gasteiger charge is -2.44. The van der Waals surface area contributed by atoms with Crippen LogP contribution >= 0.6 is 11.6 Å². The molecule has 3 aliphatic heterocycles. The van der Waals surface area contributed by atoms with Crippen LogP contribution in [0, 0.1) is 0 Å². The van der Waals surface area contributed by atoms with Gasteiger partial charge in [-0.1, -0.05) is 23.7 Å². The zero-order valence-corrected chi connectivity index (χ0v) is 25.4. The van der Waals surface area contributed by atoms with E-state index in [1.807, 2.05) is 0 Å². The van der Waals surface area contributed by atoms with Crippen LogP contribution in [0.5, 0.6) is 17.2 Å². The van der Waals surface area contributed by atoms with Crippen LogP contribution in [0.3, 0.4) is 0 Å². The number of anilines is 1. The van der Waals surface area contributed by atoms with Gasteiger partial charge in [-0.25, -0.2) is 0 Å². The van der Waals surface area contributed by atoms with Gasteiger partial charge in [-0.2, -0.15) is 0 Å². The third-order valence-electron chi connectivity index (χ3n) is 8.47. The summed E-state index contributed by atoms with van der Waals surface area (Å²) in [5.41, 5.74) is 2.22. The van der Waals surface area contributed by atoms with Crippen molar-refractivity contribution in [2.24, 2.45) is 5.73 Å². The summed E-state index contributed by atoms with van der Waals surface area (Å²) < 4.78 is 11.0. The molecule has 3 aromatic rings. The summed E-state index contributed by atoms with van der Waals surface area (Å²) in [6, 6.07) is 14.6. The minimum atomic E-state index is -2.61. The highest BCUT2D eigenvalue weighted by molar-refractivity contribution is 6.56. The molecule has 3 heterocycles. The number of aromatic hydroxyl groups is 1. The van der Waals surface area contributed by atoms with Gasteiger partial charge in [0.2, 0.25) is 5.91 Å². The highest BCUT2D eigenvalue weighted by Gasteiger charge is 2.72. The van der Waals surface area contributed by atoms with Crippen LogP contribution < -0.4 is 20.1 Å². The van der Waals surface area contributed by atoms with Crippen molar-refractivity contribution < 1.29 is 38.9 Å². The van der Waals surface area contributed by atoms with E-state index in [1.165, 1.54) is 67.7 Å². The third kappa shape index (κ3) is 3.96. The summed E-state index contributed by atoms with van der Waals surface area (Å²) in [7, 11) is 2.90. The first-order valence-electron chi connectivity index (χ1n) is 13.8. The number of fused-ring (bicyclic) bond motifs is 3. The number of nitrogens with two attached hydrogens (primary N) is 1. The number of Topliss-reactive ketones (excluding diaryl/α,β-unsaturated/α-hetero) is 1. The van der Waals surface area contributed by atoms with Crippen molar-refractivity contribution in [3.8, 4) is 17.2 Å². The van der Waals surface area contributed by atoms with Crippen LogP contribution in [0.1, 0.15) is 30.5 Å². The topological polar surface area (TPSA) is 160 Å². The summed E-state index contributed by atoms with van der Waals surface area (Å²) in [5.74, 6) is -5.05. The van der Waals surface area contributed by atoms with Crippen LogP contribution in [0.2, 0.25) is 5.02 Å². The molecule has 4 N–H and O–H groups in total. The van der Waals surface area contributed by atoms with Gasteiger partial charge >= 0.3 is 5.91 Å². The van der Waals surface area contributed by atoms with Crippen molar-refractivity contribution in [3.05, 3.63) is 93.5 Å². The quantitative estimate of drug-likeness (QED) is 0.219. The zero-order valence-electron chi connectivity index (χ0n) is 24.7. The number of ether oxygens (including phenoxy) is 2. The summed E-state index contributed by atoms with van der Waals surface area (Å²) in [4.78, 5) is 59.2. The number of phenolic OH excluding ortho intramolecular Hbond substituents is 1. The summed E-state index contributed by atoms with van der Waals surface area (Å²) in [5, 5.41) is 23.1. The molecule has 1 fully saturated rings. The van der Waals surface area contributed by atoms with E-state index in [2.05, 4.69) is 0 Å². The fourth-order valence-electron chi connectivity index (χ4n) is 6.66. The van der Waals surface area contributed by atoms with E-state index in [-0.39, 0.29) is 29.1 Å². The maximum atomic E-state index is 15.2. The number of hydrogen-bond donors (Lipinski definition) is 3. The number of primary amides is 1. The Labute approximate surface area is 262 Å². The van der Waals surface area contributed by atoms with E-state index in [0.717, 1.165) is 4.90 Å². The van der Waals surface area contributed by atoms with Crippen molar-refractivity contribution in [2.45, 2.75) is 31.3 Å². The van der Waals surface area contributed by atoms with Gasteiger partial charge in [0.15, 0.2) is 17.0 Å². The maximum absolute atomic E-state index is 15.2. The number of amides is 3.